The number of carbonyl (C=O) groups excluding carboxylic acids is 1. The largest absolute Gasteiger partial charge is 0.496 e. The van der Waals surface area contributed by atoms with Crippen molar-refractivity contribution in [3.8, 4) is 11.5 Å². The smallest absolute Gasteiger partial charge is 0.253 e. The molecule has 1 heterocycles. The van der Waals surface area contributed by atoms with E-state index in [0.29, 0.717) is 36.0 Å². The van der Waals surface area contributed by atoms with Gasteiger partial charge in [0.15, 0.2) is 0 Å². The number of ether oxygens (including phenoxy) is 2. The molecule has 0 radical (unpaired) electrons. The topological polar surface area (TPSA) is 42.0 Å². The molecule has 5 nitrogen and oxygen atoms in total. The summed E-state index contributed by atoms with van der Waals surface area (Å²) in [7, 11) is 1.62. The van der Waals surface area contributed by atoms with Crippen LogP contribution in [0.15, 0.2) is 72.8 Å². The van der Waals surface area contributed by atoms with Crippen molar-refractivity contribution < 1.29 is 14.3 Å². The van der Waals surface area contributed by atoms with Gasteiger partial charge in [-0.2, -0.15) is 0 Å². The second-order valence-corrected chi connectivity index (χ2v) is 9.04. The third kappa shape index (κ3) is 6.65. The number of carbonyl (C=O) groups is 1. The number of nitrogens with zero attached hydrogens (tertiary/aromatic N) is 2. The van der Waals surface area contributed by atoms with Gasteiger partial charge in [-0.25, -0.2) is 0 Å². The summed E-state index contributed by atoms with van der Waals surface area (Å²) in [4.78, 5) is 17.5. The number of hydrogen-bond acceptors (Lipinski definition) is 4. The standard InChI is InChI=1S/C29H31ClN2O3/c1-22-19-26(11-12-27(22)30)35-21-25-20-24(10-13-28(25)34-2)29(33)32-17-15-31(16-18-32)14-6-9-23-7-4-3-5-8-23/h3-13,19-20H,14-18,21H2,1-2H3/b9-6+. The van der Waals surface area contributed by atoms with Crippen molar-refractivity contribution in [1.82, 2.24) is 9.80 Å². The van der Waals surface area contributed by atoms with Crippen LogP contribution in [-0.4, -0.2) is 55.5 Å². The Kier molecular flexibility index (Phi) is 8.45. The van der Waals surface area contributed by atoms with Crippen LogP contribution in [0.1, 0.15) is 27.0 Å². The van der Waals surface area contributed by atoms with Crippen LogP contribution in [0.5, 0.6) is 11.5 Å². The molecule has 1 aliphatic rings. The number of piperazine rings is 1. The van der Waals surface area contributed by atoms with Crippen LogP contribution in [-0.2, 0) is 6.61 Å². The van der Waals surface area contributed by atoms with Crippen molar-refractivity contribution in [2.45, 2.75) is 13.5 Å². The van der Waals surface area contributed by atoms with E-state index in [0.717, 1.165) is 36.5 Å². The number of halogens is 1. The monoisotopic (exact) mass is 490 g/mol. The molecule has 1 saturated heterocycles. The van der Waals surface area contributed by atoms with Crippen molar-refractivity contribution in [3.05, 3.63) is 100 Å². The van der Waals surface area contributed by atoms with Gasteiger partial charge in [0.05, 0.1) is 7.11 Å². The van der Waals surface area contributed by atoms with Crippen molar-refractivity contribution >= 4 is 23.6 Å². The first-order valence-corrected chi connectivity index (χ1v) is 12.2. The number of methoxy groups -OCH3 is 1. The molecule has 0 spiro atoms. The highest BCUT2D eigenvalue weighted by atomic mass is 35.5. The van der Waals surface area contributed by atoms with Gasteiger partial charge in [0.2, 0.25) is 0 Å². The van der Waals surface area contributed by atoms with Gasteiger partial charge in [0, 0.05) is 48.9 Å². The van der Waals surface area contributed by atoms with E-state index in [9.17, 15) is 4.79 Å². The zero-order valence-corrected chi connectivity index (χ0v) is 21.0. The molecule has 1 fully saturated rings. The highest BCUT2D eigenvalue weighted by molar-refractivity contribution is 6.31. The molecule has 0 bridgehead atoms. The normalized spacial score (nSPS) is 14.3. The molecule has 0 unspecified atom stereocenters. The lowest BCUT2D eigenvalue weighted by atomic mass is 10.1. The molecule has 1 aliphatic heterocycles. The molecule has 0 saturated carbocycles. The third-order valence-electron chi connectivity index (χ3n) is 6.18. The molecule has 35 heavy (non-hydrogen) atoms. The SMILES string of the molecule is COc1ccc(C(=O)N2CCN(C/C=C/c3ccccc3)CC2)cc1COc1ccc(Cl)c(C)c1. The first-order valence-electron chi connectivity index (χ1n) is 11.8. The maximum absolute atomic E-state index is 13.2. The minimum atomic E-state index is 0.0377. The minimum Gasteiger partial charge on any atom is -0.496 e. The first-order chi connectivity index (χ1) is 17.0. The Labute approximate surface area is 212 Å². The predicted octanol–water partition coefficient (Wildman–Crippen LogP) is 5.71. The minimum absolute atomic E-state index is 0.0377. The fourth-order valence-corrected chi connectivity index (χ4v) is 4.23. The zero-order chi connectivity index (χ0) is 24.6. The second-order valence-electron chi connectivity index (χ2n) is 8.63. The van der Waals surface area contributed by atoms with Crippen LogP contribution in [0.4, 0.5) is 0 Å². The molecule has 182 valence electrons. The molecule has 3 aromatic rings. The summed E-state index contributed by atoms with van der Waals surface area (Å²) < 4.78 is 11.5. The van der Waals surface area contributed by atoms with E-state index in [1.54, 1.807) is 7.11 Å². The van der Waals surface area contributed by atoms with Gasteiger partial charge in [0.1, 0.15) is 18.1 Å². The summed E-state index contributed by atoms with van der Waals surface area (Å²) in [5, 5.41) is 0.704. The highest BCUT2D eigenvalue weighted by Gasteiger charge is 2.22. The average Bonchev–Trinajstić information content (AvgIpc) is 2.90. The highest BCUT2D eigenvalue weighted by Crippen LogP contribution is 2.25. The Hall–Kier alpha value is -3.28. The molecule has 0 N–H and O–H groups in total. The van der Waals surface area contributed by atoms with Gasteiger partial charge in [0.25, 0.3) is 5.91 Å². The lowest BCUT2D eigenvalue weighted by molar-refractivity contribution is 0.0650. The molecular formula is C29H31ClN2O3. The lowest BCUT2D eigenvalue weighted by Crippen LogP contribution is -2.48. The Morgan fingerprint density at radius 2 is 1.77 bits per heavy atom. The number of amides is 1. The summed E-state index contributed by atoms with van der Waals surface area (Å²) >= 11 is 6.11. The van der Waals surface area contributed by atoms with E-state index < -0.39 is 0 Å². The molecule has 6 heteroatoms. The van der Waals surface area contributed by atoms with E-state index in [4.69, 9.17) is 21.1 Å². The Morgan fingerprint density at radius 1 is 1.00 bits per heavy atom. The van der Waals surface area contributed by atoms with Crippen molar-refractivity contribution in [1.29, 1.82) is 0 Å². The van der Waals surface area contributed by atoms with E-state index in [1.165, 1.54) is 5.56 Å². The summed E-state index contributed by atoms with van der Waals surface area (Å²) in [5.74, 6) is 1.46. The number of rotatable bonds is 8. The molecule has 1 amide bonds. The fraction of sp³-hybridized carbons (Fsp3) is 0.276. The van der Waals surface area contributed by atoms with Gasteiger partial charge in [-0.15, -0.1) is 0 Å². The summed E-state index contributed by atoms with van der Waals surface area (Å²) in [6.45, 7) is 6.24. The maximum Gasteiger partial charge on any atom is 0.253 e. The second kappa shape index (κ2) is 11.9. The van der Waals surface area contributed by atoms with Crippen LogP contribution in [0, 0.1) is 6.92 Å². The summed E-state index contributed by atoms with van der Waals surface area (Å²) in [6.07, 6.45) is 4.33. The zero-order valence-electron chi connectivity index (χ0n) is 20.2. The molecule has 0 atom stereocenters. The molecule has 4 rings (SSSR count). The van der Waals surface area contributed by atoms with Gasteiger partial charge in [-0.1, -0.05) is 54.1 Å². The molecule has 0 aliphatic carbocycles. The number of hydrogen-bond donors (Lipinski definition) is 0. The molecule has 0 aromatic heterocycles. The van der Waals surface area contributed by atoms with Crippen LogP contribution in [0.25, 0.3) is 6.08 Å². The average molecular weight is 491 g/mol. The fourth-order valence-electron chi connectivity index (χ4n) is 4.11. The predicted molar refractivity (Wildman–Crippen MR) is 141 cm³/mol. The van der Waals surface area contributed by atoms with Crippen LogP contribution in [0.3, 0.4) is 0 Å². The van der Waals surface area contributed by atoms with E-state index in [1.807, 2.05) is 66.4 Å². The summed E-state index contributed by atoms with van der Waals surface area (Å²) in [5.41, 5.74) is 3.63. The Balaban J connectivity index is 1.34. The van der Waals surface area contributed by atoms with Gasteiger partial charge >= 0.3 is 0 Å². The van der Waals surface area contributed by atoms with Crippen LogP contribution in [0.2, 0.25) is 5.02 Å². The Bertz CT molecular complexity index is 1170. The van der Waals surface area contributed by atoms with Gasteiger partial charge in [-0.05, 0) is 54.4 Å². The third-order valence-corrected chi connectivity index (χ3v) is 6.61. The summed E-state index contributed by atoms with van der Waals surface area (Å²) in [6, 6.07) is 21.4. The van der Waals surface area contributed by atoms with Gasteiger partial charge in [-0.3, -0.25) is 9.69 Å². The first kappa shape index (κ1) is 24.8. The van der Waals surface area contributed by atoms with Crippen molar-refractivity contribution in [2.24, 2.45) is 0 Å². The molecular weight excluding hydrogens is 460 g/mol. The lowest BCUT2D eigenvalue weighted by Gasteiger charge is -2.34. The maximum atomic E-state index is 13.2. The van der Waals surface area contributed by atoms with Crippen LogP contribution < -0.4 is 9.47 Å². The van der Waals surface area contributed by atoms with E-state index >= 15 is 0 Å². The number of benzene rings is 3. The van der Waals surface area contributed by atoms with Crippen LogP contribution >= 0.6 is 11.6 Å². The van der Waals surface area contributed by atoms with Crippen molar-refractivity contribution in [3.63, 3.8) is 0 Å². The van der Waals surface area contributed by atoms with E-state index in [2.05, 4.69) is 29.2 Å². The quantitative estimate of drug-likeness (QED) is 0.405. The van der Waals surface area contributed by atoms with Crippen molar-refractivity contribution in [2.75, 3.05) is 39.8 Å². The number of aryl methyl sites for hydroxylation is 1. The van der Waals surface area contributed by atoms with E-state index in [-0.39, 0.29) is 5.91 Å². The molecule has 3 aromatic carbocycles. The van der Waals surface area contributed by atoms with Gasteiger partial charge < -0.3 is 14.4 Å². The Morgan fingerprint density at radius 3 is 2.49 bits per heavy atom.